The monoisotopic (exact) mass is 302 g/mol. The predicted octanol–water partition coefficient (Wildman–Crippen LogP) is 0.762. The molecule has 0 atom stereocenters. The third-order valence-electron chi connectivity index (χ3n) is 2.84. The van der Waals surface area contributed by atoms with Crippen molar-refractivity contribution in [3.05, 3.63) is 41.7 Å². The molecule has 3 N–H and O–H groups in total. The molecule has 0 fully saturated rings. The van der Waals surface area contributed by atoms with Crippen molar-refractivity contribution in [1.82, 2.24) is 4.31 Å². The summed E-state index contributed by atoms with van der Waals surface area (Å²) in [4.78, 5) is -0.0350. The minimum atomic E-state index is -3.82. The maximum Gasteiger partial charge on any atom is 0.243 e. The molecule has 0 radical (unpaired) electrons. The molecule has 0 heterocycles. The van der Waals surface area contributed by atoms with Crippen LogP contribution in [0.3, 0.4) is 0 Å². The van der Waals surface area contributed by atoms with E-state index in [4.69, 9.17) is 10.8 Å². The van der Waals surface area contributed by atoms with E-state index < -0.39 is 15.8 Å². The molecule has 0 bridgehead atoms. The van der Waals surface area contributed by atoms with Gasteiger partial charge < -0.3 is 10.8 Å². The van der Waals surface area contributed by atoms with Gasteiger partial charge in [0.05, 0.1) is 11.5 Å². The standard InChI is InChI=1S/C13H19FN2O3S/c1-3-4-16(5-6-17)20(18,19)12-7-10(2)13(14)11(8-12)9-15/h3,7-8,17H,1,4-6,9,15H2,2H3. The lowest BCUT2D eigenvalue weighted by atomic mass is 10.1. The second kappa shape index (κ2) is 6.94. The Labute approximate surface area is 118 Å². The molecule has 1 rings (SSSR count). The Balaban J connectivity index is 3.33. The molecule has 0 saturated carbocycles. The van der Waals surface area contributed by atoms with Crippen LogP contribution in [0.4, 0.5) is 4.39 Å². The summed E-state index contributed by atoms with van der Waals surface area (Å²) in [5.74, 6) is -0.496. The molecule has 0 aromatic heterocycles. The Morgan fingerprint density at radius 1 is 1.50 bits per heavy atom. The number of aliphatic hydroxyl groups excluding tert-OH is 1. The highest BCUT2D eigenvalue weighted by Crippen LogP contribution is 2.22. The molecular weight excluding hydrogens is 283 g/mol. The molecule has 0 amide bonds. The van der Waals surface area contributed by atoms with Crippen molar-refractivity contribution >= 4 is 10.0 Å². The van der Waals surface area contributed by atoms with E-state index in [2.05, 4.69) is 6.58 Å². The van der Waals surface area contributed by atoms with Crippen LogP contribution < -0.4 is 5.73 Å². The molecule has 0 aliphatic heterocycles. The van der Waals surface area contributed by atoms with Gasteiger partial charge in [0.1, 0.15) is 5.82 Å². The first-order valence-electron chi connectivity index (χ1n) is 6.09. The first-order chi connectivity index (χ1) is 9.38. The van der Waals surface area contributed by atoms with Crippen LogP contribution in [0.15, 0.2) is 29.7 Å². The quantitative estimate of drug-likeness (QED) is 0.728. The van der Waals surface area contributed by atoms with E-state index in [0.29, 0.717) is 0 Å². The third kappa shape index (κ3) is 3.43. The molecule has 5 nitrogen and oxygen atoms in total. The smallest absolute Gasteiger partial charge is 0.243 e. The van der Waals surface area contributed by atoms with Crippen LogP contribution in [0.1, 0.15) is 11.1 Å². The lowest BCUT2D eigenvalue weighted by Gasteiger charge is -2.20. The number of hydrogen-bond acceptors (Lipinski definition) is 4. The molecule has 0 aliphatic rings. The Hall–Kier alpha value is -1.28. The van der Waals surface area contributed by atoms with Gasteiger partial charge in [-0.1, -0.05) is 6.08 Å². The van der Waals surface area contributed by atoms with Crippen LogP contribution in [-0.2, 0) is 16.6 Å². The molecule has 0 saturated heterocycles. The van der Waals surface area contributed by atoms with Crippen LogP contribution in [0.25, 0.3) is 0 Å². The molecule has 0 spiro atoms. The summed E-state index contributed by atoms with van der Waals surface area (Å²) in [5, 5.41) is 8.95. The van der Waals surface area contributed by atoms with Crippen LogP contribution in [-0.4, -0.2) is 37.5 Å². The largest absolute Gasteiger partial charge is 0.395 e. The van der Waals surface area contributed by atoms with Gasteiger partial charge in [0.15, 0.2) is 0 Å². The van der Waals surface area contributed by atoms with Crippen molar-refractivity contribution in [2.45, 2.75) is 18.4 Å². The zero-order valence-corrected chi connectivity index (χ0v) is 12.2. The number of aryl methyl sites for hydroxylation is 1. The van der Waals surface area contributed by atoms with Gasteiger partial charge in [0.2, 0.25) is 10.0 Å². The highest BCUT2D eigenvalue weighted by Gasteiger charge is 2.24. The molecule has 112 valence electrons. The SMILES string of the molecule is C=CCN(CCO)S(=O)(=O)c1cc(C)c(F)c(CN)c1. The minimum absolute atomic E-state index is 0.0350. The summed E-state index contributed by atoms with van der Waals surface area (Å²) in [5.41, 5.74) is 5.78. The van der Waals surface area contributed by atoms with Gasteiger partial charge in [0, 0.05) is 25.2 Å². The second-order valence-electron chi connectivity index (χ2n) is 4.29. The third-order valence-corrected chi connectivity index (χ3v) is 4.69. The second-order valence-corrected chi connectivity index (χ2v) is 6.23. The first-order valence-corrected chi connectivity index (χ1v) is 7.53. The highest BCUT2D eigenvalue weighted by molar-refractivity contribution is 7.89. The maximum atomic E-state index is 13.7. The minimum Gasteiger partial charge on any atom is -0.395 e. The Bertz CT molecular complexity index is 588. The molecule has 0 aliphatic carbocycles. The van der Waals surface area contributed by atoms with Crippen molar-refractivity contribution in [2.24, 2.45) is 5.73 Å². The van der Waals surface area contributed by atoms with E-state index in [1.807, 2.05) is 0 Å². The average Bonchev–Trinajstić information content (AvgIpc) is 2.41. The number of rotatable bonds is 7. The predicted molar refractivity (Wildman–Crippen MR) is 75.1 cm³/mol. The number of aliphatic hydroxyl groups is 1. The van der Waals surface area contributed by atoms with E-state index in [9.17, 15) is 12.8 Å². The van der Waals surface area contributed by atoms with E-state index in [1.165, 1.54) is 25.1 Å². The fourth-order valence-electron chi connectivity index (χ4n) is 1.82. The van der Waals surface area contributed by atoms with Gasteiger partial charge in [-0.05, 0) is 24.6 Å². The summed E-state index contributed by atoms with van der Waals surface area (Å²) < 4.78 is 39.7. The number of nitrogens with two attached hydrogens (primary N) is 1. The summed E-state index contributed by atoms with van der Waals surface area (Å²) >= 11 is 0. The number of sulfonamides is 1. The van der Waals surface area contributed by atoms with Crippen LogP contribution in [0.2, 0.25) is 0 Å². The van der Waals surface area contributed by atoms with Crippen molar-refractivity contribution in [1.29, 1.82) is 0 Å². The number of benzene rings is 1. The van der Waals surface area contributed by atoms with E-state index in [1.54, 1.807) is 0 Å². The molecule has 1 aromatic rings. The fraction of sp³-hybridized carbons (Fsp3) is 0.385. The normalized spacial score (nSPS) is 11.8. The van der Waals surface area contributed by atoms with E-state index >= 15 is 0 Å². The van der Waals surface area contributed by atoms with Gasteiger partial charge in [-0.3, -0.25) is 0 Å². The fourth-order valence-corrected chi connectivity index (χ4v) is 3.36. The molecule has 1 aromatic carbocycles. The summed E-state index contributed by atoms with van der Waals surface area (Å²) in [6.45, 7) is 4.59. The summed E-state index contributed by atoms with van der Waals surface area (Å²) in [6.07, 6.45) is 1.42. The average molecular weight is 302 g/mol. The van der Waals surface area contributed by atoms with E-state index in [0.717, 1.165) is 4.31 Å². The van der Waals surface area contributed by atoms with Gasteiger partial charge in [0.25, 0.3) is 0 Å². The van der Waals surface area contributed by atoms with Crippen LogP contribution in [0, 0.1) is 12.7 Å². The summed E-state index contributed by atoms with van der Waals surface area (Å²) in [6, 6.07) is 2.49. The molecule has 20 heavy (non-hydrogen) atoms. The molecule has 7 heteroatoms. The Morgan fingerprint density at radius 3 is 2.65 bits per heavy atom. The lowest BCUT2D eigenvalue weighted by Crippen LogP contribution is -2.34. The number of halogens is 1. The Morgan fingerprint density at radius 2 is 2.15 bits per heavy atom. The van der Waals surface area contributed by atoms with Crippen molar-refractivity contribution in [2.75, 3.05) is 19.7 Å². The van der Waals surface area contributed by atoms with Gasteiger partial charge in [-0.15, -0.1) is 6.58 Å². The van der Waals surface area contributed by atoms with Gasteiger partial charge in [-0.2, -0.15) is 4.31 Å². The number of nitrogens with zero attached hydrogens (tertiary/aromatic N) is 1. The van der Waals surface area contributed by atoms with Crippen LogP contribution in [0.5, 0.6) is 0 Å². The molecular formula is C13H19FN2O3S. The van der Waals surface area contributed by atoms with Gasteiger partial charge in [-0.25, -0.2) is 12.8 Å². The van der Waals surface area contributed by atoms with Gasteiger partial charge >= 0.3 is 0 Å². The van der Waals surface area contributed by atoms with Crippen molar-refractivity contribution < 1.29 is 17.9 Å². The number of hydrogen-bond donors (Lipinski definition) is 2. The maximum absolute atomic E-state index is 13.7. The van der Waals surface area contributed by atoms with Crippen LogP contribution >= 0.6 is 0 Å². The zero-order valence-electron chi connectivity index (χ0n) is 11.3. The summed E-state index contributed by atoms with van der Waals surface area (Å²) in [7, 11) is -3.82. The Kier molecular flexibility index (Phi) is 5.82. The molecule has 0 unspecified atom stereocenters. The highest BCUT2D eigenvalue weighted by atomic mass is 32.2. The first kappa shape index (κ1) is 16.8. The van der Waals surface area contributed by atoms with Crippen molar-refractivity contribution in [3.8, 4) is 0 Å². The van der Waals surface area contributed by atoms with Crippen molar-refractivity contribution in [3.63, 3.8) is 0 Å². The lowest BCUT2D eigenvalue weighted by molar-refractivity contribution is 0.260. The zero-order chi connectivity index (χ0) is 15.3. The van der Waals surface area contributed by atoms with E-state index in [-0.39, 0.29) is 42.3 Å². The topological polar surface area (TPSA) is 83.6 Å².